The summed E-state index contributed by atoms with van der Waals surface area (Å²) in [5, 5.41) is 13.2. The van der Waals surface area contributed by atoms with Gasteiger partial charge in [0, 0.05) is 5.56 Å². The maximum absolute atomic E-state index is 11.7. The van der Waals surface area contributed by atoms with Crippen LogP contribution in [0.5, 0.6) is 0 Å². The van der Waals surface area contributed by atoms with E-state index >= 15 is 0 Å². The molecule has 2 rings (SSSR count). The highest BCUT2D eigenvalue weighted by Crippen LogP contribution is 2.30. The Balaban J connectivity index is 2.03. The molecule has 0 aliphatic heterocycles. The molecule has 0 bridgehead atoms. The maximum atomic E-state index is 11.7. The van der Waals surface area contributed by atoms with Crippen LogP contribution >= 0.6 is 15.9 Å². The SMILES string of the molecule is Cc1c([N+](=O)[O-])cnc(NC(=O)OCc2ccccc2)c1Br. The number of halogens is 1. The summed E-state index contributed by atoms with van der Waals surface area (Å²) in [6.07, 6.45) is 0.401. The lowest BCUT2D eigenvalue weighted by Gasteiger charge is -2.09. The number of ether oxygens (including phenoxy) is 1. The topological polar surface area (TPSA) is 94.4 Å². The van der Waals surface area contributed by atoms with E-state index in [0.717, 1.165) is 11.8 Å². The van der Waals surface area contributed by atoms with Crippen LogP contribution in [0.25, 0.3) is 0 Å². The van der Waals surface area contributed by atoms with Crippen LogP contribution in [-0.2, 0) is 11.3 Å². The fraction of sp³-hybridized carbons (Fsp3) is 0.143. The molecule has 22 heavy (non-hydrogen) atoms. The Morgan fingerprint density at radius 1 is 1.41 bits per heavy atom. The van der Waals surface area contributed by atoms with Crippen molar-refractivity contribution in [3.63, 3.8) is 0 Å². The van der Waals surface area contributed by atoms with Crippen LogP contribution in [0.15, 0.2) is 41.0 Å². The largest absolute Gasteiger partial charge is 0.444 e. The zero-order valence-corrected chi connectivity index (χ0v) is 13.2. The second-order valence-electron chi connectivity index (χ2n) is 4.37. The van der Waals surface area contributed by atoms with Gasteiger partial charge in [-0.05, 0) is 28.4 Å². The van der Waals surface area contributed by atoms with E-state index in [-0.39, 0.29) is 18.1 Å². The first kappa shape index (κ1) is 15.9. The third kappa shape index (κ3) is 3.79. The molecule has 1 aromatic heterocycles. The molecule has 0 aliphatic rings. The molecule has 7 nitrogen and oxygen atoms in total. The summed E-state index contributed by atoms with van der Waals surface area (Å²) in [4.78, 5) is 25.9. The lowest BCUT2D eigenvalue weighted by Crippen LogP contribution is -2.15. The summed E-state index contributed by atoms with van der Waals surface area (Å²) in [6.45, 7) is 1.68. The Bertz CT molecular complexity index is 707. The highest BCUT2D eigenvalue weighted by molar-refractivity contribution is 9.10. The van der Waals surface area contributed by atoms with Crippen LogP contribution < -0.4 is 5.32 Å². The first-order valence-corrected chi connectivity index (χ1v) is 7.05. The lowest BCUT2D eigenvalue weighted by atomic mass is 10.2. The minimum Gasteiger partial charge on any atom is -0.444 e. The summed E-state index contributed by atoms with van der Waals surface area (Å²) in [5.74, 6) is 0.168. The van der Waals surface area contributed by atoms with Gasteiger partial charge < -0.3 is 4.74 Å². The van der Waals surface area contributed by atoms with Gasteiger partial charge in [-0.25, -0.2) is 9.78 Å². The molecule has 0 unspecified atom stereocenters. The summed E-state index contributed by atoms with van der Waals surface area (Å²) >= 11 is 3.19. The number of nitro groups is 1. The Kier molecular flexibility index (Phi) is 5.05. The van der Waals surface area contributed by atoms with Gasteiger partial charge in [0.2, 0.25) is 0 Å². The Morgan fingerprint density at radius 3 is 2.73 bits per heavy atom. The number of amides is 1. The van der Waals surface area contributed by atoms with Crippen molar-refractivity contribution < 1.29 is 14.5 Å². The highest BCUT2D eigenvalue weighted by Gasteiger charge is 2.18. The molecule has 1 aromatic carbocycles. The third-order valence-electron chi connectivity index (χ3n) is 2.87. The molecule has 0 spiro atoms. The van der Waals surface area contributed by atoms with E-state index in [1.165, 1.54) is 0 Å². The van der Waals surface area contributed by atoms with Crippen molar-refractivity contribution in [2.24, 2.45) is 0 Å². The van der Waals surface area contributed by atoms with Gasteiger partial charge in [-0.15, -0.1) is 0 Å². The van der Waals surface area contributed by atoms with Gasteiger partial charge in [-0.1, -0.05) is 30.3 Å². The molecule has 0 radical (unpaired) electrons. The molecule has 1 N–H and O–H groups in total. The van der Waals surface area contributed by atoms with Crippen molar-refractivity contribution in [3.8, 4) is 0 Å². The molecule has 0 saturated heterocycles. The summed E-state index contributed by atoms with van der Waals surface area (Å²) in [7, 11) is 0. The number of hydrogen-bond acceptors (Lipinski definition) is 5. The van der Waals surface area contributed by atoms with E-state index in [9.17, 15) is 14.9 Å². The summed E-state index contributed by atoms with van der Waals surface area (Å²) in [6, 6.07) is 9.21. The molecule has 8 heteroatoms. The van der Waals surface area contributed by atoms with E-state index in [2.05, 4.69) is 26.2 Å². The molecular formula is C14H12BrN3O4. The van der Waals surface area contributed by atoms with Gasteiger partial charge >= 0.3 is 6.09 Å². The zero-order chi connectivity index (χ0) is 16.1. The fourth-order valence-corrected chi connectivity index (χ4v) is 2.10. The minimum atomic E-state index is -0.690. The average Bonchev–Trinajstić information content (AvgIpc) is 2.50. The van der Waals surface area contributed by atoms with Crippen LogP contribution in [0.1, 0.15) is 11.1 Å². The molecule has 1 amide bonds. The van der Waals surface area contributed by atoms with Crippen molar-refractivity contribution in [1.82, 2.24) is 4.98 Å². The van der Waals surface area contributed by atoms with Crippen molar-refractivity contribution >= 4 is 33.5 Å². The van der Waals surface area contributed by atoms with Crippen molar-refractivity contribution in [2.75, 3.05) is 5.32 Å². The third-order valence-corrected chi connectivity index (χ3v) is 3.84. The van der Waals surface area contributed by atoms with Crippen molar-refractivity contribution in [1.29, 1.82) is 0 Å². The van der Waals surface area contributed by atoms with Gasteiger partial charge in [-0.3, -0.25) is 15.4 Å². The van der Waals surface area contributed by atoms with Crippen LogP contribution in [0, 0.1) is 17.0 Å². The van der Waals surface area contributed by atoms with Crippen LogP contribution in [0.3, 0.4) is 0 Å². The number of benzene rings is 1. The maximum Gasteiger partial charge on any atom is 0.413 e. The Hall–Kier alpha value is -2.48. The zero-order valence-electron chi connectivity index (χ0n) is 11.6. The molecule has 0 aliphatic carbocycles. The first-order chi connectivity index (χ1) is 10.5. The predicted molar refractivity (Wildman–Crippen MR) is 83.6 cm³/mol. The standard InChI is InChI=1S/C14H12BrN3O4/c1-9-11(18(20)21)7-16-13(12(9)15)17-14(19)22-8-10-5-3-2-4-6-10/h2-7H,8H2,1H3,(H,16,17,19). The molecule has 0 fully saturated rings. The summed E-state index contributed by atoms with van der Waals surface area (Å²) < 4.78 is 5.41. The second-order valence-corrected chi connectivity index (χ2v) is 5.17. The molecule has 0 atom stereocenters. The van der Waals surface area contributed by atoms with E-state index < -0.39 is 11.0 Å². The number of anilines is 1. The lowest BCUT2D eigenvalue weighted by molar-refractivity contribution is -0.385. The quantitative estimate of drug-likeness (QED) is 0.656. The van der Waals surface area contributed by atoms with Gasteiger partial charge in [0.1, 0.15) is 18.6 Å². The number of carbonyl (C=O) groups is 1. The number of carbonyl (C=O) groups excluding carboxylic acids is 1. The van der Waals surface area contributed by atoms with E-state index in [1.54, 1.807) is 6.92 Å². The molecule has 1 heterocycles. The number of pyridine rings is 1. The fourth-order valence-electron chi connectivity index (χ4n) is 1.70. The summed E-state index contributed by atoms with van der Waals surface area (Å²) in [5.41, 5.74) is 1.10. The predicted octanol–water partition coefficient (Wildman–Crippen LogP) is 3.81. The minimum absolute atomic E-state index is 0.121. The second kappa shape index (κ2) is 6.99. The van der Waals surface area contributed by atoms with Gasteiger partial charge in [0.15, 0.2) is 0 Å². The normalized spacial score (nSPS) is 10.1. The van der Waals surface area contributed by atoms with Crippen molar-refractivity contribution in [3.05, 3.63) is 62.2 Å². The molecule has 2 aromatic rings. The molecule has 114 valence electrons. The average molecular weight is 366 g/mol. The highest BCUT2D eigenvalue weighted by atomic mass is 79.9. The van der Waals surface area contributed by atoms with E-state index in [0.29, 0.717) is 10.0 Å². The number of aromatic nitrogens is 1. The number of nitrogens with zero attached hydrogens (tertiary/aromatic N) is 2. The van der Waals surface area contributed by atoms with E-state index in [1.807, 2.05) is 30.3 Å². The number of hydrogen-bond donors (Lipinski definition) is 1. The number of nitrogens with one attached hydrogen (secondary N) is 1. The smallest absolute Gasteiger partial charge is 0.413 e. The number of rotatable bonds is 4. The first-order valence-electron chi connectivity index (χ1n) is 6.26. The van der Waals surface area contributed by atoms with Gasteiger partial charge in [0.25, 0.3) is 5.69 Å². The van der Waals surface area contributed by atoms with Gasteiger partial charge in [0.05, 0.1) is 9.40 Å². The molecular weight excluding hydrogens is 354 g/mol. The van der Waals surface area contributed by atoms with Crippen LogP contribution in [-0.4, -0.2) is 16.0 Å². The van der Waals surface area contributed by atoms with Crippen LogP contribution in [0.2, 0.25) is 0 Å². The Labute approximate surface area is 134 Å². The van der Waals surface area contributed by atoms with E-state index in [4.69, 9.17) is 4.74 Å². The monoisotopic (exact) mass is 365 g/mol. The van der Waals surface area contributed by atoms with Crippen LogP contribution in [0.4, 0.5) is 16.3 Å². The van der Waals surface area contributed by atoms with Crippen molar-refractivity contribution in [2.45, 2.75) is 13.5 Å². The van der Waals surface area contributed by atoms with Gasteiger partial charge in [-0.2, -0.15) is 0 Å². The Morgan fingerprint density at radius 2 is 2.09 bits per heavy atom. The molecule has 0 saturated carbocycles.